The molecule has 2 aromatic rings. The Morgan fingerprint density at radius 1 is 1.36 bits per heavy atom. The molecule has 1 aromatic heterocycles. The molecule has 0 spiro atoms. The van der Waals surface area contributed by atoms with Gasteiger partial charge in [0.05, 0.1) is 5.01 Å². The van der Waals surface area contributed by atoms with Crippen LogP contribution in [0.3, 0.4) is 0 Å². The van der Waals surface area contributed by atoms with Gasteiger partial charge in [-0.05, 0) is 24.5 Å². The first-order valence-corrected chi connectivity index (χ1v) is 8.51. The molecule has 1 aromatic carbocycles. The highest BCUT2D eigenvalue weighted by molar-refractivity contribution is 7.11. The molecule has 1 aliphatic rings. The Hall–Kier alpha value is -1.88. The van der Waals surface area contributed by atoms with E-state index < -0.39 is 0 Å². The Balaban J connectivity index is 1.56. The van der Waals surface area contributed by atoms with Gasteiger partial charge in [0.25, 0.3) is 0 Å². The van der Waals surface area contributed by atoms with Crippen molar-refractivity contribution in [2.45, 2.75) is 26.3 Å². The summed E-state index contributed by atoms with van der Waals surface area (Å²) in [6.45, 7) is 4.93. The Kier molecular flexibility index (Phi) is 4.73. The molecule has 4 nitrogen and oxygen atoms in total. The second-order valence-corrected chi connectivity index (χ2v) is 6.85. The van der Waals surface area contributed by atoms with Crippen LogP contribution < -0.4 is 5.32 Å². The van der Waals surface area contributed by atoms with Crippen molar-refractivity contribution < 1.29 is 0 Å². The largest absolute Gasteiger partial charge is 0.356 e. The Labute approximate surface area is 135 Å². The lowest BCUT2D eigenvalue weighted by Crippen LogP contribution is -2.44. The van der Waals surface area contributed by atoms with Gasteiger partial charge in [0, 0.05) is 44.2 Å². The summed E-state index contributed by atoms with van der Waals surface area (Å²) in [5.74, 6) is 0.989. The molecular formula is C17H22N4S. The number of fused-ring (bicyclic) bond motifs is 1. The second-order valence-electron chi connectivity index (χ2n) is 5.53. The SMILES string of the molecule is CN=C(NCCc1ncc(C)s1)N1CCc2ccccc2C1. The summed E-state index contributed by atoms with van der Waals surface area (Å²) in [6, 6.07) is 8.68. The molecular weight excluding hydrogens is 292 g/mol. The maximum atomic E-state index is 4.44. The third-order valence-corrected chi connectivity index (χ3v) is 4.91. The van der Waals surface area contributed by atoms with E-state index >= 15 is 0 Å². The van der Waals surface area contributed by atoms with Gasteiger partial charge in [0.15, 0.2) is 5.96 Å². The van der Waals surface area contributed by atoms with Gasteiger partial charge in [-0.3, -0.25) is 4.99 Å². The molecule has 0 bridgehead atoms. The normalized spacial score (nSPS) is 14.8. The predicted molar refractivity (Wildman–Crippen MR) is 92.5 cm³/mol. The number of aryl methyl sites for hydroxylation is 1. The smallest absolute Gasteiger partial charge is 0.193 e. The summed E-state index contributed by atoms with van der Waals surface area (Å²) in [5.41, 5.74) is 2.87. The Bertz CT molecular complexity index is 662. The Morgan fingerprint density at radius 3 is 2.91 bits per heavy atom. The summed E-state index contributed by atoms with van der Waals surface area (Å²) in [7, 11) is 1.86. The molecule has 0 aliphatic carbocycles. The van der Waals surface area contributed by atoms with Crippen LogP contribution in [0.1, 0.15) is 21.0 Å². The van der Waals surface area contributed by atoms with Gasteiger partial charge in [-0.2, -0.15) is 0 Å². The molecule has 3 rings (SSSR count). The molecule has 2 heterocycles. The number of rotatable bonds is 3. The predicted octanol–water partition coefficient (Wildman–Crippen LogP) is 2.63. The summed E-state index contributed by atoms with van der Waals surface area (Å²) < 4.78 is 0. The van der Waals surface area contributed by atoms with Crippen molar-refractivity contribution in [2.75, 3.05) is 20.1 Å². The van der Waals surface area contributed by atoms with Crippen LogP contribution >= 0.6 is 11.3 Å². The highest BCUT2D eigenvalue weighted by atomic mass is 32.1. The Morgan fingerprint density at radius 2 is 2.18 bits per heavy atom. The number of benzene rings is 1. The van der Waals surface area contributed by atoms with E-state index in [-0.39, 0.29) is 0 Å². The lowest BCUT2D eigenvalue weighted by atomic mass is 10.0. The van der Waals surface area contributed by atoms with Crippen LogP contribution in [-0.2, 0) is 19.4 Å². The lowest BCUT2D eigenvalue weighted by Gasteiger charge is -2.31. The average molecular weight is 314 g/mol. The van der Waals surface area contributed by atoms with Crippen LogP contribution in [0.4, 0.5) is 0 Å². The monoisotopic (exact) mass is 314 g/mol. The first-order valence-electron chi connectivity index (χ1n) is 7.70. The van der Waals surface area contributed by atoms with Crippen molar-refractivity contribution in [1.82, 2.24) is 15.2 Å². The van der Waals surface area contributed by atoms with Crippen LogP contribution in [0.25, 0.3) is 0 Å². The fourth-order valence-electron chi connectivity index (χ4n) is 2.81. The fourth-order valence-corrected chi connectivity index (χ4v) is 3.59. The average Bonchev–Trinajstić information content (AvgIpc) is 2.96. The maximum absolute atomic E-state index is 4.44. The maximum Gasteiger partial charge on any atom is 0.193 e. The van der Waals surface area contributed by atoms with E-state index in [1.807, 2.05) is 13.2 Å². The minimum absolute atomic E-state index is 0.873. The molecule has 1 aliphatic heterocycles. The van der Waals surface area contributed by atoms with Crippen LogP contribution in [0.5, 0.6) is 0 Å². The van der Waals surface area contributed by atoms with Crippen molar-refractivity contribution in [3.8, 4) is 0 Å². The third kappa shape index (κ3) is 3.47. The van der Waals surface area contributed by atoms with Crippen LogP contribution in [-0.4, -0.2) is 36.0 Å². The zero-order valence-electron chi connectivity index (χ0n) is 13.2. The summed E-state index contributed by atoms with van der Waals surface area (Å²) in [4.78, 5) is 12.4. The number of nitrogens with zero attached hydrogens (tertiary/aromatic N) is 3. The zero-order valence-corrected chi connectivity index (χ0v) is 14.0. The van der Waals surface area contributed by atoms with Gasteiger partial charge in [-0.25, -0.2) is 4.98 Å². The summed E-state index contributed by atoms with van der Waals surface area (Å²) in [6.07, 6.45) is 3.97. The molecule has 116 valence electrons. The van der Waals surface area contributed by atoms with Crippen molar-refractivity contribution in [3.63, 3.8) is 0 Å². The minimum Gasteiger partial charge on any atom is -0.356 e. The highest BCUT2D eigenvalue weighted by Crippen LogP contribution is 2.18. The van der Waals surface area contributed by atoms with E-state index in [0.717, 1.165) is 38.4 Å². The molecule has 0 amide bonds. The van der Waals surface area contributed by atoms with Gasteiger partial charge in [-0.15, -0.1) is 11.3 Å². The molecule has 0 fully saturated rings. The molecule has 0 saturated carbocycles. The van der Waals surface area contributed by atoms with E-state index in [0.29, 0.717) is 0 Å². The van der Waals surface area contributed by atoms with E-state index in [9.17, 15) is 0 Å². The second kappa shape index (κ2) is 6.92. The standard InChI is InChI=1S/C17H22N4S/c1-13-11-20-16(22-13)7-9-19-17(18-2)21-10-8-14-5-3-4-6-15(14)12-21/h3-6,11H,7-10,12H2,1-2H3,(H,18,19). The van der Waals surface area contributed by atoms with Crippen LogP contribution in [0.15, 0.2) is 35.5 Å². The van der Waals surface area contributed by atoms with Gasteiger partial charge in [-0.1, -0.05) is 24.3 Å². The molecule has 5 heteroatoms. The molecule has 0 atom stereocenters. The number of hydrogen-bond acceptors (Lipinski definition) is 3. The number of hydrogen-bond donors (Lipinski definition) is 1. The number of nitrogens with one attached hydrogen (secondary N) is 1. The van der Waals surface area contributed by atoms with Gasteiger partial charge >= 0.3 is 0 Å². The van der Waals surface area contributed by atoms with E-state index in [4.69, 9.17) is 0 Å². The van der Waals surface area contributed by atoms with Crippen molar-refractivity contribution >= 4 is 17.3 Å². The first-order chi connectivity index (χ1) is 10.8. The fraction of sp³-hybridized carbons (Fsp3) is 0.412. The van der Waals surface area contributed by atoms with E-state index in [1.165, 1.54) is 21.0 Å². The van der Waals surface area contributed by atoms with Gasteiger partial charge in [0.2, 0.25) is 0 Å². The molecule has 1 N–H and O–H groups in total. The zero-order chi connectivity index (χ0) is 15.4. The van der Waals surface area contributed by atoms with Crippen LogP contribution in [0, 0.1) is 6.92 Å². The molecule has 22 heavy (non-hydrogen) atoms. The van der Waals surface area contributed by atoms with Crippen molar-refractivity contribution in [2.24, 2.45) is 4.99 Å². The quantitative estimate of drug-likeness (QED) is 0.699. The topological polar surface area (TPSA) is 40.5 Å². The van der Waals surface area contributed by atoms with Gasteiger partial charge in [0.1, 0.15) is 0 Å². The number of aliphatic imine (C=N–C) groups is 1. The third-order valence-electron chi connectivity index (χ3n) is 3.93. The van der Waals surface area contributed by atoms with E-state index in [2.05, 4.69) is 51.4 Å². The molecule has 0 radical (unpaired) electrons. The highest BCUT2D eigenvalue weighted by Gasteiger charge is 2.18. The van der Waals surface area contributed by atoms with Crippen molar-refractivity contribution in [3.05, 3.63) is 51.5 Å². The lowest BCUT2D eigenvalue weighted by molar-refractivity contribution is 0.379. The van der Waals surface area contributed by atoms with Crippen molar-refractivity contribution in [1.29, 1.82) is 0 Å². The number of thiazole rings is 1. The summed E-state index contributed by atoms with van der Waals surface area (Å²) >= 11 is 1.77. The summed E-state index contributed by atoms with van der Waals surface area (Å²) in [5, 5.41) is 4.65. The first kappa shape index (κ1) is 15.0. The number of guanidine groups is 1. The molecule has 0 saturated heterocycles. The van der Waals surface area contributed by atoms with E-state index in [1.54, 1.807) is 11.3 Å². The number of aromatic nitrogens is 1. The minimum atomic E-state index is 0.873. The molecule has 0 unspecified atom stereocenters. The van der Waals surface area contributed by atoms with Crippen LogP contribution in [0.2, 0.25) is 0 Å². The van der Waals surface area contributed by atoms with Gasteiger partial charge < -0.3 is 10.2 Å².